The molecule has 2 bridgehead atoms. The second-order valence-electron chi connectivity index (χ2n) is 10.6. The highest BCUT2D eigenvalue weighted by Gasteiger charge is 2.41. The largest absolute Gasteiger partial charge is 0.489 e. The maximum absolute atomic E-state index is 13.5. The Morgan fingerprint density at radius 3 is 2.39 bits per heavy atom. The molecule has 5 heterocycles. The van der Waals surface area contributed by atoms with Crippen molar-refractivity contribution in [2.75, 3.05) is 39.9 Å². The zero-order chi connectivity index (χ0) is 26.0. The number of carbonyl (C=O) groups is 1. The molecular weight excluding hydrogens is 480 g/mol. The number of aromatic nitrogens is 2. The van der Waals surface area contributed by atoms with Gasteiger partial charge in [-0.1, -0.05) is 36.4 Å². The van der Waals surface area contributed by atoms with Crippen molar-refractivity contribution >= 4 is 6.09 Å². The van der Waals surface area contributed by atoms with Gasteiger partial charge >= 0.3 is 12.1 Å². The Morgan fingerprint density at radius 2 is 1.68 bits per heavy atom. The van der Waals surface area contributed by atoms with Crippen LogP contribution in [0.15, 0.2) is 60.9 Å². The van der Waals surface area contributed by atoms with Gasteiger partial charge in [-0.15, -0.1) is 0 Å². The summed E-state index contributed by atoms with van der Waals surface area (Å²) in [4.78, 5) is 26.2. The van der Waals surface area contributed by atoms with Crippen LogP contribution in [0.25, 0.3) is 0 Å². The molecular formula is C30H34N4O4. The zero-order valence-electron chi connectivity index (χ0n) is 21.8. The number of benzene rings is 2. The lowest BCUT2D eigenvalue weighted by Gasteiger charge is -2.48. The molecule has 4 aliphatic rings. The van der Waals surface area contributed by atoms with Gasteiger partial charge in [0, 0.05) is 29.9 Å². The Hall–Kier alpha value is -3.65. The van der Waals surface area contributed by atoms with E-state index in [1.165, 1.54) is 12.7 Å². The predicted molar refractivity (Wildman–Crippen MR) is 142 cm³/mol. The van der Waals surface area contributed by atoms with Crippen LogP contribution in [-0.4, -0.2) is 65.8 Å². The van der Waals surface area contributed by atoms with Crippen molar-refractivity contribution < 1.29 is 19.0 Å². The molecule has 2 aromatic carbocycles. The topological polar surface area (TPSA) is 77.0 Å². The number of carbonyl (C=O) groups excluding carboxylic acids is 1. The smallest absolute Gasteiger partial charge is 0.410 e. The first-order valence-corrected chi connectivity index (χ1v) is 13.4. The fourth-order valence-corrected chi connectivity index (χ4v) is 5.97. The average molecular weight is 515 g/mol. The van der Waals surface area contributed by atoms with E-state index in [9.17, 15) is 4.79 Å². The molecule has 1 aromatic heterocycles. The van der Waals surface area contributed by atoms with Crippen LogP contribution in [0, 0.1) is 5.41 Å². The molecule has 1 amide bonds. The van der Waals surface area contributed by atoms with Gasteiger partial charge in [0.15, 0.2) is 0 Å². The quantitative estimate of drug-likeness (QED) is 0.455. The van der Waals surface area contributed by atoms with Crippen LogP contribution >= 0.6 is 0 Å². The molecule has 3 aromatic rings. The lowest BCUT2D eigenvalue weighted by atomic mass is 9.73. The van der Waals surface area contributed by atoms with E-state index < -0.39 is 0 Å². The monoisotopic (exact) mass is 514 g/mol. The van der Waals surface area contributed by atoms with Crippen molar-refractivity contribution in [1.82, 2.24) is 19.8 Å². The van der Waals surface area contributed by atoms with Crippen LogP contribution in [0.1, 0.15) is 47.6 Å². The van der Waals surface area contributed by atoms with E-state index in [1.807, 2.05) is 35.2 Å². The van der Waals surface area contributed by atoms with E-state index in [2.05, 4.69) is 33.1 Å². The summed E-state index contributed by atoms with van der Waals surface area (Å²) in [5.41, 5.74) is 4.48. The van der Waals surface area contributed by atoms with Gasteiger partial charge in [0.05, 0.1) is 19.8 Å². The normalized spacial score (nSPS) is 24.0. The number of piperidine rings is 3. The number of amides is 1. The number of hydrogen-bond acceptors (Lipinski definition) is 7. The predicted octanol–water partition coefficient (Wildman–Crippen LogP) is 4.63. The van der Waals surface area contributed by atoms with Crippen molar-refractivity contribution in [1.29, 1.82) is 0 Å². The third-order valence-electron chi connectivity index (χ3n) is 8.36. The van der Waals surface area contributed by atoms with Crippen LogP contribution < -0.4 is 9.47 Å². The number of ether oxygens (including phenoxy) is 3. The Bertz CT molecular complexity index is 1240. The maximum atomic E-state index is 13.5. The minimum Gasteiger partial charge on any atom is -0.489 e. The Labute approximate surface area is 223 Å². The standard InChI is InChI=1S/C30H34N4O4/c1-36-28-31-18-22(19-32-28)20-37-25-8-6-24(7-9-25)27-26-5-3-2-4-23(26)10-14-34(27)29(35)38-21-30-11-15-33(16-12-30)17-13-30/h2-9,18-19,27H,10-17,20-21H2,1H3/t27-/m1/s1. The van der Waals surface area contributed by atoms with Crippen LogP contribution in [0.3, 0.4) is 0 Å². The summed E-state index contributed by atoms with van der Waals surface area (Å²) in [5, 5.41) is 0. The van der Waals surface area contributed by atoms with Gasteiger partial charge in [0.1, 0.15) is 12.4 Å². The van der Waals surface area contributed by atoms with Crippen molar-refractivity contribution in [3.63, 3.8) is 0 Å². The number of methoxy groups -OCH3 is 1. The molecule has 198 valence electrons. The molecule has 8 nitrogen and oxygen atoms in total. The van der Waals surface area contributed by atoms with Crippen LogP contribution in [0.5, 0.6) is 11.8 Å². The van der Waals surface area contributed by atoms with Crippen LogP contribution in [0.2, 0.25) is 0 Å². The maximum Gasteiger partial charge on any atom is 0.410 e. The van der Waals surface area contributed by atoms with Gasteiger partial charge < -0.3 is 19.1 Å². The van der Waals surface area contributed by atoms with Gasteiger partial charge in [0.2, 0.25) is 0 Å². The van der Waals surface area contributed by atoms with Crippen LogP contribution in [-0.2, 0) is 17.8 Å². The minimum absolute atomic E-state index is 0.154. The highest BCUT2D eigenvalue weighted by molar-refractivity contribution is 5.70. The van der Waals surface area contributed by atoms with Crippen molar-refractivity contribution in [2.24, 2.45) is 5.41 Å². The van der Waals surface area contributed by atoms with Gasteiger partial charge in [0.25, 0.3) is 0 Å². The third kappa shape index (κ3) is 5.05. The summed E-state index contributed by atoms with van der Waals surface area (Å²) in [5.74, 6) is 0.741. The first-order valence-electron chi connectivity index (χ1n) is 13.4. The van der Waals surface area contributed by atoms with E-state index in [0.717, 1.165) is 67.8 Å². The summed E-state index contributed by atoms with van der Waals surface area (Å²) < 4.78 is 17.0. The molecule has 0 saturated carbocycles. The molecule has 8 heteroatoms. The molecule has 0 unspecified atom stereocenters. The molecule has 0 spiro atoms. The Balaban J connectivity index is 1.17. The van der Waals surface area contributed by atoms with Crippen molar-refractivity contribution in [2.45, 2.75) is 38.3 Å². The highest BCUT2D eigenvalue weighted by atomic mass is 16.6. The van der Waals surface area contributed by atoms with E-state index >= 15 is 0 Å². The molecule has 4 aliphatic heterocycles. The number of hydrogen-bond donors (Lipinski definition) is 0. The molecule has 0 aliphatic carbocycles. The SMILES string of the molecule is COc1ncc(COc2ccc([C@@H]3c4ccccc4CCN3C(=O)OCC34CCN(CC3)CC4)cc2)cn1. The lowest BCUT2D eigenvalue weighted by molar-refractivity contribution is -0.0300. The van der Waals surface area contributed by atoms with E-state index in [-0.39, 0.29) is 17.6 Å². The number of fused-ring (bicyclic) bond motifs is 4. The van der Waals surface area contributed by atoms with Crippen LogP contribution in [0.4, 0.5) is 4.79 Å². The molecule has 0 radical (unpaired) electrons. The van der Waals surface area contributed by atoms with Crippen molar-refractivity contribution in [3.8, 4) is 11.8 Å². The molecule has 1 atom stereocenters. The number of nitrogens with zero attached hydrogens (tertiary/aromatic N) is 4. The fraction of sp³-hybridized carbons (Fsp3) is 0.433. The average Bonchev–Trinajstić information content (AvgIpc) is 3.00. The first kappa shape index (κ1) is 24.7. The third-order valence-corrected chi connectivity index (χ3v) is 8.36. The molecule has 7 rings (SSSR count). The second-order valence-corrected chi connectivity index (χ2v) is 10.6. The molecule has 3 saturated heterocycles. The van der Waals surface area contributed by atoms with E-state index in [1.54, 1.807) is 12.4 Å². The molecule has 0 N–H and O–H groups in total. The number of rotatable bonds is 7. The molecule has 38 heavy (non-hydrogen) atoms. The lowest BCUT2D eigenvalue weighted by Crippen LogP contribution is -2.51. The summed E-state index contributed by atoms with van der Waals surface area (Å²) in [6, 6.07) is 16.5. The van der Waals surface area contributed by atoms with Gasteiger partial charge in [-0.3, -0.25) is 4.90 Å². The fourth-order valence-electron chi connectivity index (χ4n) is 5.97. The first-order chi connectivity index (χ1) is 18.6. The van der Waals surface area contributed by atoms with Gasteiger partial charge in [-0.25, -0.2) is 14.8 Å². The summed E-state index contributed by atoms with van der Waals surface area (Å²) >= 11 is 0. The highest BCUT2D eigenvalue weighted by Crippen LogP contribution is 2.41. The Kier molecular flexibility index (Phi) is 6.89. The van der Waals surface area contributed by atoms with Crippen molar-refractivity contribution in [3.05, 3.63) is 83.2 Å². The van der Waals surface area contributed by atoms with E-state index in [4.69, 9.17) is 14.2 Å². The minimum atomic E-state index is -0.216. The van der Waals surface area contributed by atoms with Gasteiger partial charge in [-0.05, 0) is 74.1 Å². The summed E-state index contributed by atoms with van der Waals surface area (Å²) in [6.45, 7) is 4.88. The zero-order valence-corrected chi connectivity index (χ0v) is 21.8. The Morgan fingerprint density at radius 1 is 0.974 bits per heavy atom. The van der Waals surface area contributed by atoms with Gasteiger partial charge in [-0.2, -0.15) is 0 Å². The van der Waals surface area contributed by atoms with E-state index in [0.29, 0.717) is 25.8 Å². The summed E-state index contributed by atoms with van der Waals surface area (Å²) in [6.07, 6.45) is 7.36. The summed E-state index contributed by atoms with van der Waals surface area (Å²) in [7, 11) is 1.54. The molecule has 3 fully saturated rings. The second kappa shape index (κ2) is 10.6.